The van der Waals surface area contributed by atoms with E-state index < -0.39 is 0 Å². The average molecular weight is 512 g/mol. The first-order valence-corrected chi connectivity index (χ1v) is 12.8. The molecule has 38 heavy (non-hydrogen) atoms. The minimum absolute atomic E-state index is 0.0688. The molecular weight excluding hydrogens is 474 g/mol. The van der Waals surface area contributed by atoms with Gasteiger partial charge in [0, 0.05) is 31.5 Å². The van der Waals surface area contributed by atoms with E-state index >= 15 is 0 Å². The molecule has 0 atom stereocenters. The maximum atomic E-state index is 12.2. The summed E-state index contributed by atoms with van der Waals surface area (Å²) in [5, 5.41) is 17.8. The molecule has 0 aliphatic heterocycles. The molecule has 2 aromatic heterocycles. The molecule has 0 radical (unpaired) electrons. The number of nitriles is 1. The second-order valence-electron chi connectivity index (χ2n) is 8.88. The fraction of sp³-hybridized carbons (Fsp3) is 0.333. The Morgan fingerprint density at radius 3 is 2.39 bits per heavy atom. The highest BCUT2D eigenvalue weighted by atomic mass is 16.1. The van der Waals surface area contributed by atoms with E-state index in [9.17, 15) is 4.79 Å². The Hall–Kier alpha value is -4.56. The van der Waals surface area contributed by atoms with E-state index in [1.165, 1.54) is 32.1 Å². The number of amides is 1. The molecule has 0 unspecified atom stereocenters. The standard InChI is InChI=1S/C21H21N7O.C7H14.C2H2/c1-2-9-23-21-26-18(12-19(27-21)28-10-3-4-11-28)24-15-20(29)25-14-17-7-5-16(13-22)6-8-17;1-7-5-3-2-4-6-7;1-2/h2-8,10-12H,1,9,14-15H2,(H,25,29)(H2,23,24,26,27);7H,2-6H2,1H3;1-2H. The van der Waals surface area contributed by atoms with Crippen LogP contribution < -0.4 is 16.0 Å². The van der Waals surface area contributed by atoms with Crippen molar-refractivity contribution < 1.29 is 4.79 Å². The van der Waals surface area contributed by atoms with Crippen LogP contribution in [0.15, 0.2) is 67.5 Å². The van der Waals surface area contributed by atoms with Crippen molar-refractivity contribution in [3.63, 3.8) is 0 Å². The summed E-state index contributed by atoms with van der Waals surface area (Å²) in [5.74, 6) is 2.52. The van der Waals surface area contributed by atoms with Gasteiger partial charge in [-0.2, -0.15) is 15.2 Å². The van der Waals surface area contributed by atoms with E-state index in [-0.39, 0.29) is 12.5 Å². The molecule has 8 nitrogen and oxygen atoms in total. The molecule has 1 aliphatic rings. The second-order valence-corrected chi connectivity index (χ2v) is 8.88. The zero-order chi connectivity index (χ0) is 27.6. The second kappa shape index (κ2) is 17.0. The number of nitrogens with zero attached hydrogens (tertiary/aromatic N) is 4. The maximum absolute atomic E-state index is 12.2. The van der Waals surface area contributed by atoms with Crippen molar-refractivity contribution in [1.29, 1.82) is 5.26 Å². The fourth-order valence-corrected chi connectivity index (χ4v) is 3.82. The molecule has 4 rings (SSSR count). The minimum atomic E-state index is -0.170. The summed E-state index contributed by atoms with van der Waals surface area (Å²) in [4.78, 5) is 21.0. The maximum Gasteiger partial charge on any atom is 0.239 e. The van der Waals surface area contributed by atoms with Gasteiger partial charge in [-0.1, -0.05) is 57.2 Å². The summed E-state index contributed by atoms with van der Waals surface area (Å²) in [5.41, 5.74) is 1.51. The minimum Gasteiger partial charge on any atom is -0.361 e. The molecule has 1 aromatic carbocycles. The first-order valence-electron chi connectivity index (χ1n) is 12.8. The van der Waals surface area contributed by atoms with Crippen molar-refractivity contribution in [3.8, 4) is 24.7 Å². The molecule has 198 valence electrons. The summed E-state index contributed by atoms with van der Waals surface area (Å²) in [6, 6.07) is 14.7. The van der Waals surface area contributed by atoms with Crippen molar-refractivity contribution in [1.82, 2.24) is 19.9 Å². The number of hydrogen-bond acceptors (Lipinski definition) is 6. The van der Waals surface area contributed by atoms with E-state index in [2.05, 4.69) is 58.3 Å². The number of hydrogen-bond donors (Lipinski definition) is 3. The van der Waals surface area contributed by atoms with Crippen molar-refractivity contribution in [3.05, 3.63) is 78.6 Å². The van der Waals surface area contributed by atoms with E-state index in [4.69, 9.17) is 5.26 Å². The lowest BCUT2D eigenvalue weighted by atomic mass is 9.91. The number of aromatic nitrogens is 3. The molecule has 3 N–H and O–H groups in total. The van der Waals surface area contributed by atoms with Gasteiger partial charge < -0.3 is 20.5 Å². The van der Waals surface area contributed by atoms with Gasteiger partial charge in [0.15, 0.2) is 0 Å². The van der Waals surface area contributed by atoms with Gasteiger partial charge in [-0.3, -0.25) is 4.79 Å². The Bertz CT molecular complexity index is 1170. The number of benzene rings is 1. The monoisotopic (exact) mass is 511 g/mol. The van der Waals surface area contributed by atoms with Crippen molar-refractivity contribution in [2.24, 2.45) is 5.92 Å². The number of terminal acetylenes is 1. The highest BCUT2D eigenvalue weighted by Gasteiger charge is 2.08. The third-order valence-corrected chi connectivity index (χ3v) is 5.88. The van der Waals surface area contributed by atoms with Crippen LogP contribution in [0.2, 0.25) is 0 Å². The molecule has 1 aliphatic carbocycles. The molecule has 1 fully saturated rings. The molecule has 1 saturated carbocycles. The number of carbonyl (C=O) groups is 1. The third-order valence-electron chi connectivity index (χ3n) is 5.88. The van der Waals surface area contributed by atoms with Gasteiger partial charge >= 0.3 is 0 Å². The van der Waals surface area contributed by atoms with Crippen molar-refractivity contribution in [2.75, 3.05) is 23.7 Å². The topological polar surface area (TPSA) is 108 Å². The number of carbonyl (C=O) groups excluding carboxylic acids is 1. The molecule has 3 aromatic rings. The van der Waals surface area contributed by atoms with Gasteiger partial charge in [-0.05, 0) is 35.7 Å². The van der Waals surface area contributed by atoms with Gasteiger partial charge in [-0.25, -0.2) is 0 Å². The summed E-state index contributed by atoms with van der Waals surface area (Å²) in [6.45, 7) is 7.02. The molecule has 0 spiro atoms. The zero-order valence-corrected chi connectivity index (χ0v) is 22.1. The van der Waals surface area contributed by atoms with Crippen LogP contribution >= 0.6 is 0 Å². The number of nitrogens with one attached hydrogen (secondary N) is 3. The lowest BCUT2D eigenvalue weighted by Gasteiger charge is -2.15. The lowest BCUT2D eigenvalue weighted by Crippen LogP contribution is -2.29. The van der Waals surface area contributed by atoms with Crippen LogP contribution in [0, 0.1) is 30.1 Å². The molecule has 0 bridgehead atoms. The first-order chi connectivity index (χ1) is 18.6. The van der Waals surface area contributed by atoms with Crippen LogP contribution in [-0.4, -0.2) is 33.5 Å². The Morgan fingerprint density at radius 2 is 1.82 bits per heavy atom. The predicted molar refractivity (Wildman–Crippen MR) is 154 cm³/mol. The van der Waals surface area contributed by atoms with E-state index in [1.54, 1.807) is 24.3 Å². The van der Waals surface area contributed by atoms with Gasteiger partial charge in [0.2, 0.25) is 11.9 Å². The Labute approximate surface area is 226 Å². The van der Waals surface area contributed by atoms with Gasteiger partial charge in [0.1, 0.15) is 11.6 Å². The summed E-state index contributed by atoms with van der Waals surface area (Å²) in [7, 11) is 0. The summed E-state index contributed by atoms with van der Waals surface area (Å²) in [6.07, 6.45) is 20.9. The van der Waals surface area contributed by atoms with Gasteiger partial charge in [0.05, 0.1) is 18.2 Å². The Balaban J connectivity index is 0.000000481. The average Bonchev–Trinajstić information content (AvgIpc) is 3.51. The Morgan fingerprint density at radius 1 is 1.13 bits per heavy atom. The van der Waals surface area contributed by atoms with Gasteiger partial charge in [0.25, 0.3) is 0 Å². The highest BCUT2D eigenvalue weighted by molar-refractivity contribution is 5.80. The highest BCUT2D eigenvalue weighted by Crippen LogP contribution is 2.22. The van der Waals surface area contributed by atoms with Crippen LogP contribution in [0.3, 0.4) is 0 Å². The van der Waals surface area contributed by atoms with Crippen LogP contribution in [0.25, 0.3) is 5.82 Å². The Kier molecular flexibility index (Phi) is 13.3. The largest absolute Gasteiger partial charge is 0.361 e. The van der Waals surface area contributed by atoms with Gasteiger partial charge in [-0.15, -0.1) is 19.4 Å². The normalized spacial score (nSPS) is 12.4. The molecule has 0 saturated heterocycles. The van der Waals surface area contributed by atoms with E-state index in [1.807, 2.05) is 41.2 Å². The summed E-state index contributed by atoms with van der Waals surface area (Å²) >= 11 is 0. The molecular formula is C30H37N7O. The summed E-state index contributed by atoms with van der Waals surface area (Å²) < 4.78 is 1.86. The SMILES string of the molecule is C#C.C=CCNc1nc(NCC(=O)NCc2ccc(C#N)cc2)cc(-n2cccc2)n1.CC1CCCCC1. The van der Waals surface area contributed by atoms with E-state index in [0.717, 1.165) is 11.5 Å². The third kappa shape index (κ3) is 10.6. The van der Waals surface area contributed by atoms with Crippen LogP contribution in [0.1, 0.15) is 50.2 Å². The molecule has 1 amide bonds. The van der Waals surface area contributed by atoms with Crippen LogP contribution in [0.4, 0.5) is 11.8 Å². The lowest BCUT2D eigenvalue weighted by molar-refractivity contribution is -0.119. The van der Waals surface area contributed by atoms with E-state index in [0.29, 0.717) is 36.2 Å². The smallest absolute Gasteiger partial charge is 0.239 e. The van der Waals surface area contributed by atoms with Crippen LogP contribution in [-0.2, 0) is 11.3 Å². The predicted octanol–water partition coefficient (Wildman–Crippen LogP) is 5.30. The number of anilines is 2. The van der Waals surface area contributed by atoms with Crippen molar-refractivity contribution >= 4 is 17.7 Å². The zero-order valence-electron chi connectivity index (χ0n) is 22.1. The molecule has 8 heteroatoms. The first kappa shape index (κ1) is 29.7. The van der Waals surface area contributed by atoms with Crippen LogP contribution in [0.5, 0.6) is 0 Å². The fourth-order valence-electron chi connectivity index (χ4n) is 3.82. The number of rotatable bonds is 9. The quantitative estimate of drug-likeness (QED) is 0.266. The molecule has 2 heterocycles. The van der Waals surface area contributed by atoms with Crippen molar-refractivity contribution in [2.45, 2.75) is 45.6 Å².